The molecule has 0 amide bonds. The zero-order chi connectivity index (χ0) is 37.6. The summed E-state index contributed by atoms with van der Waals surface area (Å²) in [5.74, 6) is 14.3. The first-order valence-corrected chi connectivity index (χ1v) is 23.6. The van der Waals surface area contributed by atoms with E-state index >= 15 is 0 Å². The van der Waals surface area contributed by atoms with Crippen molar-refractivity contribution < 1.29 is 0 Å². The van der Waals surface area contributed by atoms with Crippen molar-refractivity contribution in [2.24, 2.45) is 82.9 Å². The van der Waals surface area contributed by atoms with E-state index in [1.165, 1.54) is 141 Å². The largest absolute Gasteiger partial charge is 0.0625 e. The van der Waals surface area contributed by atoms with Gasteiger partial charge >= 0.3 is 0 Å². The van der Waals surface area contributed by atoms with Crippen LogP contribution in [0.5, 0.6) is 0 Å². The molecule has 0 aliphatic heterocycles. The van der Waals surface area contributed by atoms with Gasteiger partial charge in [-0.1, -0.05) is 213 Å². The van der Waals surface area contributed by atoms with E-state index in [0.29, 0.717) is 0 Å². The molecule has 7 aliphatic carbocycles. The Kier molecular flexibility index (Phi) is 26.5. The van der Waals surface area contributed by atoms with E-state index in [1.807, 2.05) is 0 Å². The first-order valence-electron chi connectivity index (χ1n) is 23.6. The number of hydrogen-bond acceptors (Lipinski definition) is 0. The van der Waals surface area contributed by atoms with Gasteiger partial charge in [0, 0.05) is 0 Å². The van der Waals surface area contributed by atoms with Crippen LogP contribution in [0.3, 0.4) is 0 Å². The fourth-order valence-electron chi connectivity index (χ4n) is 9.63. The minimum atomic E-state index is 1.00. The van der Waals surface area contributed by atoms with Crippen LogP contribution in [0, 0.1) is 82.9 Å². The van der Waals surface area contributed by atoms with E-state index in [9.17, 15) is 0 Å². The fourth-order valence-corrected chi connectivity index (χ4v) is 9.63. The van der Waals surface area contributed by atoms with Gasteiger partial charge in [-0.25, -0.2) is 0 Å². The lowest BCUT2D eigenvalue weighted by Gasteiger charge is -2.29. The molecule has 0 N–H and O–H groups in total. The summed E-state index contributed by atoms with van der Waals surface area (Å²) in [6.07, 6.45) is 32.4. The lowest BCUT2D eigenvalue weighted by molar-refractivity contribution is 0.219. The van der Waals surface area contributed by atoms with Crippen molar-refractivity contribution in [3.05, 3.63) is 0 Å². The Hall–Kier alpha value is 0. The Bertz CT molecular complexity index is 696. The zero-order valence-corrected chi connectivity index (χ0v) is 37.6. The van der Waals surface area contributed by atoms with Crippen molar-refractivity contribution in [2.75, 3.05) is 0 Å². The molecule has 10 atom stereocenters. The predicted molar refractivity (Wildman–Crippen MR) is 230 cm³/mol. The Morgan fingerprint density at radius 3 is 0.560 bits per heavy atom. The van der Waals surface area contributed by atoms with E-state index in [-0.39, 0.29) is 0 Å². The van der Waals surface area contributed by atoms with Crippen LogP contribution in [0.1, 0.15) is 238 Å². The van der Waals surface area contributed by atoms with Crippen LogP contribution in [0.2, 0.25) is 0 Å². The molecular weight excluding hydrogens is 601 g/mol. The molecule has 300 valence electrons. The van der Waals surface area contributed by atoms with Crippen LogP contribution < -0.4 is 0 Å². The molecule has 0 radical (unpaired) electrons. The molecule has 0 aromatic rings. The molecule has 0 aromatic heterocycles. The monoisotopic (exact) mass is 701 g/mol. The first-order chi connectivity index (χ1) is 23.6. The van der Waals surface area contributed by atoms with Crippen molar-refractivity contribution in [1.29, 1.82) is 0 Å². The highest BCUT2D eigenvalue weighted by molar-refractivity contribution is 4.73. The van der Waals surface area contributed by atoms with Crippen molar-refractivity contribution >= 4 is 0 Å². The Morgan fingerprint density at radius 2 is 0.400 bits per heavy atom. The molecule has 7 rings (SSSR count). The minimum Gasteiger partial charge on any atom is -0.0625 e. The SMILES string of the molecule is CC1CC(C)C1.CC1CCC(C)CC1.CC1CCCC[C@H]1C.CC1CCC[C@@H](C)C1.CC1CCC[C@H]1C.CC1CC[C@@H](C)C1.CC1CC[C@H]1C. The van der Waals surface area contributed by atoms with Gasteiger partial charge in [0.2, 0.25) is 0 Å². The second-order valence-corrected chi connectivity index (χ2v) is 21.1. The van der Waals surface area contributed by atoms with Crippen LogP contribution in [0.4, 0.5) is 0 Å². The van der Waals surface area contributed by atoms with E-state index < -0.39 is 0 Å². The molecule has 0 nitrogen and oxygen atoms in total. The highest BCUT2D eigenvalue weighted by Gasteiger charge is 2.21. The summed E-state index contributed by atoms with van der Waals surface area (Å²) < 4.78 is 0. The van der Waals surface area contributed by atoms with Gasteiger partial charge in [-0.3, -0.25) is 0 Å². The molecule has 0 heterocycles. The maximum atomic E-state index is 2.38. The van der Waals surface area contributed by atoms with Crippen LogP contribution in [-0.2, 0) is 0 Å². The number of hydrogen-bond donors (Lipinski definition) is 0. The maximum absolute atomic E-state index is 2.38. The summed E-state index contributed by atoms with van der Waals surface area (Å²) in [5.41, 5.74) is 0. The molecule has 7 aliphatic rings. The van der Waals surface area contributed by atoms with Gasteiger partial charge in [0.25, 0.3) is 0 Å². The van der Waals surface area contributed by atoms with Gasteiger partial charge in [-0.05, 0) is 109 Å². The van der Waals surface area contributed by atoms with Gasteiger partial charge in [-0.2, -0.15) is 0 Å². The Labute approximate surface area is 320 Å². The molecule has 0 aromatic carbocycles. The van der Waals surface area contributed by atoms with E-state index in [0.717, 1.165) is 82.9 Å². The average Bonchev–Trinajstić information content (AvgIpc) is 3.64. The van der Waals surface area contributed by atoms with E-state index in [2.05, 4.69) is 96.9 Å². The average molecular weight is 701 g/mol. The predicted octanol–water partition coefficient (Wildman–Crippen LogP) is 17.5. The summed E-state index contributed by atoms with van der Waals surface area (Å²) >= 11 is 0. The normalized spacial score (nSPS) is 41.6. The Morgan fingerprint density at radius 1 is 0.180 bits per heavy atom. The summed E-state index contributed by atoms with van der Waals surface area (Å²) in [7, 11) is 0. The van der Waals surface area contributed by atoms with Crippen molar-refractivity contribution in [1.82, 2.24) is 0 Å². The molecule has 0 saturated heterocycles. The summed E-state index contributed by atoms with van der Waals surface area (Å²) in [6.45, 7) is 32.9. The highest BCUT2D eigenvalue weighted by Crippen LogP contribution is 2.33. The third kappa shape index (κ3) is 23.6. The molecule has 7 saturated carbocycles. The zero-order valence-electron chi connectivity index (χ0n) is 37.6. The van der Waals surface area contributed by atoms with Crippen LogP contribution in [0.25, 0.3) is 0 Å². The standard InChI is InChI=1S/3C8H16.2C7H14.2C6H12/c1-7-3-5-8(2)6-4-7;1-7-4-3-5-8(2)6-7;1-7-5-3-4-6-8(7)2;1-6-3-4-7(2)5-6;1-6-4-3-5-7(6)2;1-5-3-6(2)4-5;1-5-3-4-6(5)2/h3*7-8H,3-6H2,1-2H3;2*6-7H,3-5H2,1-2H3;2*5-6H,3-4H2,1-2H3/t;2*7-,8?;2*6-,7?;;5-,6?/m.1111.1/s1. The summed E-state index contributed by atoms with van der Waals surface area (Å²) in [5, 5.41) is 0. The van der Waals surface area contributed by atoms with Crippen molar-refractivity contribution in [3.63, 3.8) is 0 Å². The first kappa shape index (κ1) is 48.0. The lowest BCUT2D eigenvalue weighted by Crippen LogP contribution is -2.18. The van der Waals surface area contributed by atoms with Gasteiger partial charge in [0.05, 0.1) is 0 Å². The second kappa shape index (κ2) is 27.6. The van der Waals surface area contributed by atoms with Crippen LogP contribution >= 0.6 is 0 Å². The van der Waals surface area contributed by atoms with Gasteiger partial charge in [0.15, 0.2) is 0 Å². The fraction of sp³-hybridized carbons (Fsp3) is 1.00. The van der Waals surface area contributed by atoms with Crippen LogP contribution in [0.15, 0.2) is 0 Å². The minimum absolute atomic E-state index is 1.00. The molecule has 0 heteroatoms. The molecule has 0 bridgehead atoms. The Balaban J connectivity index is 0.000000292. The molecule has 5 unspecified atom stereocenters. The lowest BCUT2D eigenvalue weighted by atomic mass is 9.77. The van der Waals surface area contributed by atoms with Gasteiger partial charge in [-0.15, -0.1) is 0 Å². The second-order valence-electron chi connectivity index (χ2n) is 21.1. The molecule has 0 spiro atoms. The molecule has 7 fully saturated rings. The van der Waals surface area contributed by atoms with Gasteiger partial charge in [0.1, 0.15) is 0 Å². The molecular formula is C50H100. The molecule has 50 heavy (non-hydrogen) atoms. The third-order valence-electron chi connectivity index (χ3n) is 14.9. The van der Waals surface area contributed by atoms with E-state index in [4.69, 9.17) is 0 Å². The highest BCUT2D eigenvalue weighted by atomic mass is 14.3. The topological polar surface area (TPSA) is 0 Å². The van der Waals surface area contributed by atoms with E-state index in [1.54, 1.807) is 0 Å². The van der Waals surface area contributed by atoms with Crippen LogP contribution in [-0.4, -0.2) is 0 Å². The number of rotatable bonds is 0. The smallest absolute Gasteiger partial charge is 0.0417 e. The van der Waals surface area contributed by atoms with Gasteiger partial charge < -0.3 is 0 Å². The quantitative estimate of drug-likeness (QED) is 0.236. The maximum Gasteiger partial charge on any atom is -0.0417 e. The third-order valence-corrected chi connectivity index (χ3v) is 14.9. The summed E-state index contributed by atoms with van der Waals surface area (Å²) in [4.78, 5) is 0. The van der Waals surface area contributed by atoms with Crippen molar-refractivity contribution in [2.45, 2.75) is 238 Å². The summed E-state index contributed by atoms with van der Waals surface area (Å²) in [6, 6.07) is 0. The van der Waals surface area contributed by atoms with Crippen molar-refractivity contribution in [3.8, 4) is 0 Å².